The quantitative estimate of drug-likeness (QED) is 0.109. The van der Waals surface area contributed by atoms with Crippen LogP contribution in [0.1, 0.15) is 22.3 Å². The maximum atomic E-state index is 14.4. The Labute approximate surface area is 297 Å². The molecule has 0 aromatic heterocycles. The molecule has 0 aliphatic heterocycles. The van der Waals surface area contributed by atoms with Gasteiger partial charge in [-0.05, 0) is 86.0 Å². The van der Waals surface area contributed by atoms with Crippen molar-refractivity contribution in [1.29, 1.82) is 0 Å². The van der Waals surface area contributed by atoms with Crippen molar-refractivity contribution in [2.75, 3.05) is 0 Å². The minimum atomic E-state index is -7.41. The van der Waals surface area contributed by atoms with Crippen LogP contribution in [-0.2, 0) is 22.0 Å². The van der Waals surface area contributed by atoms with Crippen LogP contribution in [0, 0.1) is 0 Å². The first-order valence-electron chi connectivity index (χ1n) is 15.9. The van der Waals surface area contributed by atoms with Gasteiger partial charge in [-0.15, -0.1) is 0 Å². The maximum absolute atomic E-state index is 14.4. The Morgan fingerprint density at radius 1 is 0.528 bits per heavy atom. The lowest BCUT2D eigenvalue weighted by molar-refractivity contribution is -0.382. The Morgan fingerprint density at radius 3 is 1.77 bits per heavy atom. The maximum Gasteiger partial charge on any atom is 0.460 e. The lowest BCUT2D eigenvalue weighted by Gasteiger charge is -2.33. The van der Waals surface area contributed by atoms with Crippen LogP contribution in [0.25, 0.3) is 33.0 Å². The summed E-state index contributed by atoms with van der Waals surface area (Å²) in [5.74, 6) is -15.8. The van der Waals surface area contributed by atoms with E-state index in [1.165, 1.54) is 6.07 Å². The van der Waals surface area contributed by atoms with Gasteiger partial charge in [0.05, 0.1) is 5.41 Å². The molecule has 0 saturated carbocycles. The molecule has 53 heavy (non-hydrogen) atoms. The molecule has 1 atom stereocenters. The minimum absolute atomic E-state index is 0.160. The van der Waals surface area contributed by atoms with E-state index in [4.69, 9.17) is 0 Å². The van der Waals surface area contributed by atoms with Gasteiger partial charge in [-0.2, -0.15) is 47.9 Å². The zero-order chi connectivity index (χ0) is 38.0. The molecule has 7 rings (SSSR count). The van der Waals surface area contributed by atoms with E-state index in [0.717, 1.165) is 45.5 Å². The van der Waals surface area contributed by atoms with E-state index in [9.17, 15) is 47.9 Å². The summed E-state index contributed by atoms with van der Waals surface area (Å²) in [5.41, 5.74) is 6.91. The predicted molar refractivity (Wildman–Crippen MR) is 182 cm³/mol. The SMILES string of the molecule is O=S(=O)(Oc1ccc2ccc(-c3ccc4c(c3)C(Cc3ccccc3)(c3ccccc3)c3ccccc3-4)cc2c1)C(F)(F)C(F)(F)C(F)(F)C(F)(F)F. The second-order valence-electron chi connectivity index (χ2n) is 12.7. The van der Waals surface area contributed by atoms with Gasteiger partial charge in [0.1, 0.15) is 5.75 Å². The van der Waals surface area contributed by atoms with Crippen molar-refractivity contribution in [3.8, 4) is 28.0 Å². The van der Waals surface area contributed by atoms with Gasteiger partial charge < -0.3 is 4.18 Å². The topological polar surface area (TPSA) is 43.4 Å². The molecular weight excluding hydrogens is 731 g/mol. The first kappa shape index (κ1) is 36.1. The van der Waals surface area contributed by atoms with Crippen molar-refractivity contribution in [1.82, 2.24) is 0 Å². The summed E-state index contributed by atoms with van der Waals surface area (Å²) < 4.78 is 150. The Bertz CT molecular complexity index is 2450. The molecule has 0 amide bonds. The standard InChI is InChI=1S/C40H25F9O3S/c41-37(42,39(45,46)47)38(43,44)40(48,49)53(50,51)52-31-19-17-26-15-16-27(21-29(26)22-31)28-18-20-33-32-13-7-8-14-34(32)36(35(33)23-28,30-11-5-2-6-12-30)24-25-9-3-1-4-10-25/h1-23H,24H2. The van der Waals surface area contributed by atoms with Crippen molar-refractivity contribution >= 4 is 20.9 Å². The summed E-state index contributed by atoms with van der Waals surface area (Å²) >= 11 is 0. The average Bonchev–Trinajstić information content (AvgIpc) is 3.40. The van der Waals surface area contributed by atoms with Gasteiger partial charge in [-0.3, -0.25) is 0 Å². The van der Waals surface area contributed by atoms with Gasteiger partial charge >= 0.3 is 33.4 Å². The molecule has 0 fully saturated rings. The van der Waals surface area contributed by atoms with Crippen molar-refractivity contribution < 1.29 is 52.1 Å². The number of hydrogen-bond acceptors (Lipinski definition) is 3. The summed E-state index contributed by atoms with van der Waals surface area (Å²) in [5, 5.41) is -6.41. The largest absolute Gasteiger partial charge is 0.460 e. The van der Waals surface area contributed by atoms with E-state index < -0.39 is 44.6 Å². The molecule has 0 radical (unpaired) electrons. The van der Waals surface area contributed by atoms with Gasteiger partial charge in [0.25, 0.3) is 0 Å². The first-order chi connectivity index (χ1) is 24.9. The molecule has 0 bridgehead atoms. The van der Waals surface area contributed by atoms with E-state index in [1.54, 1.807) is 18.2 Å². The highest BCUT2D eigenvalue weighted by molar-refractivity contribution is 7.88. The molecular formula is C40H25F9O3S. The number of benzene rings is 6. The molecule has 6 aromatic carbocycles. The van der Waals surface area contributed by atoms with Crippen LogP contribution < -0.4 is 4.18 Å². The van der Waals surface area contributed by atoms with E-state index in [2.05, 4.69) is 40.6 Å². The molecule has 3 nitrogen and oxygen atoms in total. The molecule has 0 saturated heterocycles. The highest BCUT2D eigenvalue weighted by atomic mass is 32.2. The van der Waals surface area contributed by atoms with Crippen LogP contribution in [-0.4, -0.2) is 31.7 Å². The molecule has 1 aliphatic rings. The molecule has 6 aromatic rings. The highest BCUT2D eigenvalue weighted by Crippen LogP contribution is 2.56. The second kappa shape index (κ2) is 12.4. The third-order valence-electron chi connectivity index (χ3n) is 9.52. The van der Waals surface area contributed by atoms with Crippen molar-refractivity contribution in [2.24, 2.45) is 0 Å². The number of halogens is 9. The Kier molecular flexibility index (Phi) is 8.44. The third kappa shape index (κ3) is 5.63. The van der Waals surface area contributed by atoms with Gasteiger partial charge in [0.15, 0.2) is 0 Å². The lowest BCUT2D eigenvalue weighted by Crippen LogP contribution is -2.63. The van der Waals surface area contributed by atoms with Crippen LogP contribution >= 0.6 is 0 Å². The smallest absolute Gasteiger partial charge is 0.378 e. The van der Waals surface area contributed by atoms with E-state index >= 15 is 0 Å². The van der Waals surface area contributed by atoms with Crippen molar-refractivity contribution in [3.05, 3.63) is 162 Å². The number of hydrogen-bond donors (Lipinski definition) is 0. The van der Waals surface area contributed by atoms with Crippen LogP contribution in [0.5, 0.6) is 5.75 Å². The summed E-state index contributed by atoms with van der Waals surface area (Å²) in [6.45, 7) is 0. The summed E-state index contributed by atoms with van der Waals surface area (Å²) in [4.78, 5) is 0. The fraction of sp³-hybridized carbons (Fsp3) is 0.150. The normalized spacial score (nSPS) is 16.3. The molecule has 272 valence electrons. The lowest BCUT2D eigenvalue weighted by atomic mass is 9.68. The molecule has 0 heterocycles. The van der Waals surface area contributed by atoms with Crippen LogP contribution in [0.2, 0.25) is 0 Å². The van der Waals surface area contributed by atoms with Gasteiger partial charge in [-0.1, -0.05) is 115 Å². The highest BCUT2D eigenvalue weighted by Gasteiger charge is 2.86. The summed E-state index contributed by atoms with van der Waals surface area (Å²) in [6.07, 6.45) is -6.59. The van der Waals surface area contributed by atoms with E-state index in [1.807, 2.05) is 66.7 Å². The minimum Gasteiger partial charge on any atom is -0.378 e. The number of fused-ring (bicyclic) bond motifs is 4. The Hall–Kier alpha value is -5.30. The molecule has 0 spiro atoms. The molecule has 13 heteroatoms. The number of rotatable bonds is 9. The Morgan fingerprint density at radius 2 is 1.09 bits per heavy atom. The monoisotopic (exact) mass is 756 g/mol. The molecule has 0 N–H and O–H groups in total. The molecule has 1 aliphatic carbocycles. The first-order valence-corrected chi connectivity index (χ1v) is 17.3. The van der Waals surface area contributed by atoms with Crippen LogP contribution in [0.4, 0.5) is 39.5 Å². The van der Waals surface area contributed by atoms with E-state index in [0.29, 0.717) is 22.9 Å². The summed E-state index contributed by atoms with van der Waals surface area (Å²) in [6, 6.07) is 41.7. The number of alkyl halides is 9. The second-order valence-corrected chi connectivity index (χ2v) is 14.3. The molecule has 1 unspecified atom stereocenters. The van der Waals surface area contributed by atoms with Crippen LogP contribution in [0.3, 0.4) is 0 Å². The zero-order valence-electron chi connectivity index (χ0n) is 27.0. The van der Waals surface area contributed by atoms with Gasteiger partial charge in [0.2, 0.25) is 0 Å². The van der Waals surface area contributed by atoms with Gasteiger partial charge in [-0.25, -0.2) is 0 Å². The van der Waals surface area contributed by atoms with Gasteiger partial charge in [0, 0.05) is 0 Å². The van der Waals surface area contributed by atoms with E-state index in [-0.39, 0.29) is 5.39 Å². The average molecular weight is 757 g/mol. The summed E-state index contributed by atoms with van der Waals surface area (Å²) in [7, 11) is -7.11. The third-order valence-corrected chi connectivity index (χ3v) is 10.8. The predicted octanol–water partition coefficient (Wildman–Crippen LogP) is 11.2. The van der Waals surface area contributed by atoms with Crippen LogP contribution in [0.15, 0.2) is 140 Å². The Balaban J connectivity index is 1.30. The fourth-order valence-corrected chi connectivity index (χ4v) is 7.83. The fourth-order valence-electron chi connectivity index (χ4n) is 6.93. The van der Waals surface area contributed by atoms with Crippen molar-refractivity contribution in [2.45, 2.75) is 35.1 Å². The van der Waals surface area contributed by atoms with Crippen molar-refractivity contribution in [3.63, 3.8) is 0 Å². The zero-order valence-corrected chi connectivity index (χ0v) is 27.8.